The van der Waals surface area contributed by atoms with Gasteiger partial charge in [0.25, 0.3) is 0 Å². The highest BCUT2D eigenvalue weighted by Gasteiger charge is 2.09. The summed E-state index contributed by atoms with van der Waals surface area (Å²) in [5.74, 6) is 6.03. The minimum Gasteiger partial charge on any atom is -0.395 e. The number of carbonyl (C=O) groups is 1. The van der Waals surface area contributed by atoms with Crippen molar-refractivity contribution in [1.29, 1.82) is 0 Å². The van der Waals surface area contributed by atoms with Gasteiger partial charge in [-0.2, -0.15) is 0 Å². The number of rotatable bonds is 6. The molecule has 0 fully saturated rings. The second-order valence-corrected chi connectivity index (χ2v) is 5.33. The number of likely N-dealkylation sites (N-methyl/N-ethyl adjacent to an activating group) is 1. The van der Waals surface area contributed by atoms with E-state index in [1.54, 1.807) is 0 Å². The van der Waals surface area contributed by atoms with Crippen LogP contribution in [0.2, 0.25) is 0 Å². The molecule has 1 aromatic rings. The predicted octanol–water partition coefficient (Wildman–Crippen LogP) is 1.38. The summed E-state index contributed by atoms with van der Waals surface area (Å²) in [5.41, 5.74) is 2.03. The number of amides is 1. The molecule has 0 aliphatic carbocycles. The van der Waals surface area contributed by atoms with E-state index in [0.717, 1.165) is 11.1 Å². The molecule has 0 saturated heterocycles. The third-order valence-corrected chi connectivity index (χ3v) is 2.78. The van der Waals surface area contributed by atoms with Gasteiger partial charge in [0.1, 0.15) is 0 Å². The Bertz CT molecular complexity index is 515. The lowest BCUT2D eigenvalue weighted by Crippen LogP contribution is -2.38. The highest BCUT2D eigenvalue weighted by atomic mass is 16.2. The van der Waals surface area contributed by atoms with E-state index in [4.69, 9.17) is 5.11 Å². The summed E-state index contributed by atoms with van der Waals surface area (Å²) in [7, 11) is 1.91. The monoisotopic (exact) mass is 288 g/mol. The van der Waals surface area contributed by atoms with Gasteiger partial charge in [0, 0.05) is 24.6 Å². The van der Waals surface area contributed by atoms with Gasteiger partial charge in [-0.05, 0) is 32.5 Å². The highest BCUT2D eigenvalue weighted by molar-refractivity contribution is 5.78. The molecular weight excluding hydrogens is 264 g/mol. The van der Waals surface area contributed by atoms with Crippen molar-refractivity contribution in [2.75, 3.05) is 20.2 Å². The van der Waals surface area contributed by atoms with E-state index in [2.05, 4.69) is 17.2 Å². The first-order valence-electron chi connectivity index (χ1n) is 7.18. The Labute approximate surface area is 127 Å². The summed E-state index contributed by atoms with van der Waals surface area (Å²) < 4.78 is 0. The summed E-state index contributed by atoms with van der Waals surface area (Å²) in [6, 6.07) is 8.04. The van der Waals surface area contributed by atoms with E-state index in [9.17, 15) is 4.79 Å². The van der Waals surface area contributed by atoms with Crippen LogP contribution in [0.15, 0.2) is 24.3 Å². The molecular formula is C17H24N2O2. The van der Waals surface area contributed by atoms with Crippen molar-refractivity contribution in [3.8, 4) is 11.8 Å². The van der Waals surface area contributed by atoms with Crippen LogP contribution in [0, 0.1) is 11.8 Å². The van der Waals surface area contributed by atoms with Crippen molar-refractivity contribution in [3.05, 3.63) is 35.4 Å². The van der Waals surface area contributed by atoms with Gasteiger partial charge in [-0.25, -0.2) is 0 Å². The van der Waals surface area contributed by atoms with Crippen LogP contribution in [0.5, 0.6) is 0 Å². The van der Waals surface area contributed by atoms with Gasteiger partial charge < -0.3 is 10.4 Å². The van der Waals surface area contributed by atoms with Gasteiger partial charge in [0.05, 0.1) is 13.2 Å². The number of aliphatic hydroxyl groups excluding tert-OH is 1. The number of aliphatic hydroxyl groups is 1. The third-order valence-electron chi connectivity index (χ3n) is 2.78. The quantitative estimate of drug-likeness (QED) is 0.778. The smallest absolute Gasteiger partial charge is 0.234 e. The van der Waals surface area contributed by atoms with E-state index < -0.39 is 0 Å². The predicted molar refractivity (Wildman–Crippen MR) is 84.6 cm³/mol. The fourth-order valence-corrected chi connectivity index (χ4v) is 1.95. The molecule has 0 saturated carbocycles. The summed E-state index contributed by atoms with van der Waals surface area (Å²) in [6.07, 6.45) is 0.473. The number of carbonyl (C=O) groups excluding carboxylic acids is 1. The number of nitrogens with one attached hydrogen (secondary N) is 1. The lowest BCUT2D eigenvalue weighted by Gasteiger charge is -2.18. The fourth-order valence-electron chi connectivity index (χ4n) is 1.95. The molecule has 0 aliphatic heterocycles. The number of benzene rings is 1. The lowest BCUT2D eigenvalue weighted by molar-refractivity contribution is -0.122. The SMILES string of the molecule is CC(C)NC(=O)CN(C)Cc1ccccc1C#CCCO. The molecule has 4 heteroatoms. The maximum atomic E-state index is 11.7. The molecule has 1 aromatic carbocycles. The Balaban J connectivity index is 2.66. The van der Waals surface area contributed by atoms with Crippen molar-refractivity contribution >= 4 is 5.91 Å². The Morgan fingerprint density at radius 2 is 2.10 bits per heavy atom. The fraction of sp³-hybridized carbons (Fsp3) is 0.471. The van der Waals surface area contributed by atoms with Gasteiger partial charge in [0.15, 0.2) is 0 Å². The van der Waals surface area contributed by atoms with Crippen LogP contribution >= 0.6 is 0 Å². The van der Waals surface area contributed by atoms with Crippen molar-refractivity contribution in [2.24, 2.45) is 0 Å². The van der Waals surface area contributed by atoms with E-state index in [0.29, 0.717) is 19.5 Å². The first kappa shape index (κ1) is 17.2. The first-order chi connectivity index (χ1) is 10.0. The third kappa shape index (κ3) is 6.94. The summed E-state index contributed by atoms with van der Waals surface area (Å²) in [5, 5.41) is 11.7. The average molecular weight is 288 g/mol. The second kappa shape index (κ2) is 9.17. The molecule has 21 heavy (non-hydrogen) atoms. The zero-order chi connectivity index (χ0) is 15.7. The van der Waals surface area contributed by atoms with Gasteiger partial charge in [0.2, 0.25) is 5.91 Å². The number of nitrogens with zero attached hydrogens (tertiary/aromatic N) is 1. The Kier molecular flexibility index (Phi) is 7.52. The van der Waals surface area contributed by atoms with Crippen molar-refractivity contribution in [2.45, 2.75) is 32.9 Å². The molecule has 114 valence electrons. The summed E-state index contributed by atoms with van der Waals surface area (Å²) in [6.45, 7) is 4.99. The van der Waals surface area contributed by atoms with Crippen LogP contribution in [0.1, 0.15) is 31.4 Å². The molecule has 0 bridgehead atoms. The molecule has 0 aromatic heterocycles. The standard InChI is InChI=1S/C17H24N2O2/c1-14(2)18-17(21)13-19(3)12-16-10-5-4-8-15(16)9-6-7-11-20/h4-5,8,10,14,20H,7,11-13H2,1-3H3,(H,18,21). The molecule has 0 spiro atoms. The van der Waals surface area contributed by atoms with Crippen LogP contribution in [0.3, 0.4) is 0 Å². The molecule has 2 N–H and O–H groups in total. The molecule has 0 atom stereocenters. The molecule has 1 rings (SSSR count). The van der Waals surface area contributed by atoms with Crippen LogP contribution in [0.25, 0.3) is 0 Å². The Morgan fingerprint density at radius 3 is 2.76 bits per heavy atom. The molecule has 4 nitrogen and oxygen atoms in total. The van der Waals surface area contributed by atoms with Crippen molar-refractivity contribution < 1.29 is 9.90 Å². The zero-order valence-corrected chi connectivity index (χ0v) is 13.0. The maximum Gasteiger partial charge on any atom is 0.234 e. The largest absolute Gasteiger partial charge is 0.395 e. The highest BCUT2D eigenvalue weighted by Crippen LogP contribution is 2.09. The molecule has 0 unspecified atom stereocenters. The van der Waals surface area contributed by atoms with E-state index >= 15 is 0 Å². The van der Waals surface area contributed by atoms with Gasteiger partial charge in [-0.3, -0.25) is 9.69 Å². The van der Waals surface area contributed by atoms with Gasteiger partial charge in [-0.1, -0.05) is 30.0 Å². The molecule has 0 radical (unpaired) electrons. The van der Waals surface area contributed by atoms with Crippen LogP contribution in [-0.4, -0.2) is 42.2 Å². The van der Waals surface area contributed by atoms with Crippen LogP contribution in [-0.2, 0) is 11.3 Å². The van der Waals surface area contributed by atoms with Crippen LogP contribution in [0.4, 0.5) is 0 Å². The molecule has 0 aliphatic rings. The Hall–Kier alpha value is -1.83. The maximum absolute atomic E-state index is 11.7. The second-order valence-electron chi connectivity index (χ2n) is 5.33. The van der Waals surface area contributed by atoms with Crippen molar-refractivity contribution in [3.63, 3.8) is 0 Å². The normalized spacial score (nSPS) is 10.4. The van der Waals surface area contributed by atoms with Gasteiger partial charge in [-0.15, -0.1) is 0 Å². The van der Waals surface area contributed by atoms with E-state index in [1.165, 1.54) is 0 Å². The molecule has 0 heterocycles. The first-order valence-corrected chi connectivity index (χ1v) is 7.18. The topological polar surface area (TPSA) is 52.6 Å². The summed E-state index contributed by atoms with van der Waals surface area (Å²) in [4.78, 5) is 13.7. The lowest BCUT2D eigenvalue weighted by atomic mass is 10.1. The van der Waals surface area contributed by atoms with E-state index in [-0.39, 0.29) is 18.6 Å². The minimum atomic E-state index is 0.0244. The van der Waals surface area contributed by atoms with Crippen LogP contribution < -0.4 is 5.32 Å². The van der Waals surface area contributed by atoms with Crippen molar-refractivity contribution in [1.82, 2.24) is 10.2 Å². The number of hydrogen-bond donors (Lipinski definition) is 2. The zero-order valence-electron chi connectivity index (χ0n) is 13.0. The van der Waals surface area contributed by atoms with E-state index in [1.807, 2.05) is 50.1 Å². The Morgan fingerprint density at radius 1 is 1.38 bits per heavy atom. The summed E-state index contributed by atoms with van der Waals surface area (Å²) >= 11 is 0. The van der Waals surface area contributed by atoms with Gasteiger partial charge >= 0.3 is 0 Å². The minimum absolute atomic E-state index is 0.0244. The average Bonchev–Trinajstić information content (AvgIpc) is 2.39. The molecule has 1 amide bonds. The number of hydrogen-bond acceptors (Lipinski definition) is 3.